The number of hydrogen-bond donors (Lipinski definition) is 0. The molecule has 0 bridgehead atoms. The van der Waals surface area contributed by atoms with Gasteiger partial charge in [0.1, 0.15) is 12.0 Å². The van der Waals surface area contributed by atoms with E-state index >= 15 is 0 Å². The third-order valence-corrected chi connectivity index (χ3v) is 2.65. The van der Waals surface area contributed by atoms with Crippen LogP contribution in [0.3, 0.4) is 0 Å². The van der Waals surface area contributed by atoms with Crippen LogP contribution in [-0.4, -0.2) is 10.9 Å². The van der Waals surface area contributed by atoms with Gasteiger partial charge in [0, 0.05) is 17.9 Å². The van der Waals surface area contributed by atoms with Crippen LogP contribution in [0.1, 0.15) is 31.2 Å². The Balaban J connectivity index is 1.97. The highest BCUT2D eigenvalue weighted by Gasteiger charge is 2.22. The number of carbonyl (C=O) groups is 1. The van der Waals surface area contributed by atoms with Gasteiger partial charge in [-0.25, -0.2) is 0 Å². The maximum atomic E-state index is 11.5. The van der Waals surface area contributed by atoms with Gasteiger partial charge in [-0.15, -0.1) is 0 Å². The lowest BCUT2D eigenvalue weighted by Gasteiger charge is -2.19. The fourth-order valence-corrected chi connectivity index (χ4v) is 1.88. The number of ketones is 1. The zero-order chi connectivity index (χ0) is 9.10. The fraction of sp³-hybridized carbons (Fsp3) is 0.600. The van der Waals surface area contributed by atoms with Crippen LogP contribution in [0.4, 0.5) is 0 Å². The van der Waals surface area contributed by atoms with Gasteiger partial charge >= 0.3 is 0 Å². The fourth-order valence-electron chi connectivity index (χ4n) is 1.88. The second kappa shape index (κ2) is 3.73. The predicted octanol–water partition coefficient (Wildman–Crippen LogP) is 1.98. The van der Waals surface area contributed by atoms with E-state index in [0.29, 0.717) is 5.78 Å². The molecule has 0 aliphatic heterocycles. The highest BCUT2D eigenvalue weighted by molar-refractivity contribution is 5.81. The first-order valence-corrected chi connectivity index (χ1v) is 4.77. The van der Waals surface area contributed by atoms with E-state index in [1.165, 1.54) is 6.42 Å². The van der Waals surface area contributed by atoms with E-state index in [9.17, 15) is 4.79 Å². The highest BCUT2D eigenvalue weighted by atomic mass is 16.5. The zero-order valence-electron chi connectivity index (χ0n) is 7.53. The molecular formula is C10H13NO2. The first-order valence-electron chi connectivity index (χ1n) is 4.77. The number of Topliss-reactive ketones (excluding diaryl/α,β-unsaturated/α-hetero) is 1. The minimum absolute atomic E-state index is 0.216. The van der Waals surface area contributed by atoms with Gasteiger partial charge in [0.05, 0.1) is 6.20 Å². The van der Waals surface area contributed by atoms with E-state index in [4.69, 9.17) is 4.52 Å². The van der Waals surface area contributed by atoms with Crippen molar-refractivity contribution in [3.05, 3.63) is 18.0 Å². The van der Waals surface area contributed by atoms with E-state index in [1.54, 1.807) is 12.5 Å². The summed E-state index contributed by atoms with van der Waals surface area (Å²) in [5.41, 5.74) is 1.04. The molecule has 1 fully saturated rings. The molecule has 0 N–H and O–H groups in total. The number of rotatable bonds is 2. The summed E-state index contributed by atoms with van der Waals surface area (Å²) in [6, 6.07) is 0. The Morgan fingerprint density at radius 2 is 2.46 bits per heavy atom. The minimum atomic E-state index is 0.216. The maximum Gasteiger partial charge on any atom is 0.136 e. The van der Waals surface area contributed by atoms with Crippen molar-refractivity contribution in [1.29, 1.82) is 0 Å². The Morgan fingerprint density at radius 1 is 1.54 bits per heavy atom. The van der Waals surface area contributed by atoms with Crippen molar-refractivity contribution in [2.24, 2.45) is 5.92 Å². The van der Waals surface area contributed by atoms with Crippen LogP contribution in [0.25, 0.3) is 0 Å². The summed E-state index contributed by atoms with van der Waals surface area (Å²) < 4.78 is 4.73. The summed E-state index contributed by atoms with van der Waals surface area (Å²) in [6.07, 6.45) is 8.17. The molecule has 1 unspecified atom stereocenters. The number of nitrogens with zero attached hydrogens (tertiary/aromatic N) is 1. The monoisotopic (exact) mass is 179 g/mol. The molecule has 13 heavy (non-hydrogen) atoms. The van der Waals surface area contributed by atoms with Crippen molar-refractivity contribution < 1.29 is 9.32 Å². The van der Waals surface area contributed by atoms with E-state index in [0.717, 1.165) is 31.2 Å². The Morgan fingerprint density at radius 3 is 3.15 bits per heavy atom. The third-order valence-electron chi connectivity index (χ3n) is 2.65. The summed E-state index contributed by atoms with van der Waals surface area (Å²) >= 11 is 0. The lowest BCUT2D eigenvalue weighted by Crippen LogP contribution is -2.20. The molecule has 1 aromatic heterocycles. The van der Waals surface area contributed by atoms with Crippen LogP contribution in [0.5, 0.6) is 0 Å². The molecule has 1 saturated carbocycles. The van der Waals surface area contributed by atoms with Crippen LogP contribution in [0.15, 0.2) is 17.0 Å². The molecule has 1 aliphatic carbocycles. The second-order valence-corrected chi connectivity index (χ2v) is 3.65. The summed E-state index contributed by atoms with van der Waals surface area (Å²) in [5, 5.41) is 3.63. The average molecular weight is 179 g/mol. The van der Waals surface area contributed by atoms with Gasteiger partial charge in [0.15, 0.2) is 0 Å². The first-order chi connectivity index (χ1) is 6.36. The van der Waals surface area contributed by atoms with Crippen LogP contribution in [-0.2, 0) is 11.2 Å². The first kappa shape index (κ1) is 8.48. The topological polar surface area (TPSA) is 43.1 Å². The molecule has 70 valence electrons. The lowest BCUT2D eigenvalue weighted by molar-refractivity contribution is -0.124. The van der Waals surface area contributed by atoms with Crippen LogP contribution in [0, 0.1) is 5.92 Å². The van der Waals surface area contributed by atoms with Gasteiger partial charge in [-0.05, 0) is 19.3 Å². The average Bonchev–Trinajstić information content (AvgIpc) is 2.61. The molecule has 1 heterocycles. The molecule has 0 aromatic carbocycles. The third kappa shape index (κ3) is 1.97. The molecular weight excluding hydrogens is 166 g/mol. The van der Waals surface area contributed by atoms with E-state index in [2.05, 4.69) is 5.16 Å². The number of carbonyl (C=O) groups excluding carboxylic acids is 1. The quantitative estimate of drug-likeness (QED) is 0.697. The molecule has 1 atom stereocenters. The Kier molecular flexibility index (Phi) is 2.43. The molecule has 3 nitrogen and oxygen atoms in total. The van der Waals surface area contributed by atoms with Crippen LogP contribution < -0.4 is 0 Å². The van der Waals surface area contributed by atoms with Crippen LogP contribution in [0.2, 0.25) is 0 Å². The van der Waals surface area contributed by atoms with Gasteiger partial charge < -0.3 is 4.52 Å². The number of hydrogen-bond acceptors (Lipinski definition) is 3. The molecule has 0 spiro atoms. The molecule has 0 saturated heterocycles. The SMILES string of the molecule is O=C1CCCCC1Cc1cnoc1. The second-order valence-electron chi connectivity index (χ2n) is 3.65. The smallest absolute Gasteiger partial charge is 0.136 e. The van der Waals surface area contributed by atoms with Crippen molar-refractivity contribution in [2.45, 2.75) is 32.1 Å². The molecule has 1 aliphatic rings. The normalized spacial score (nSPS) is 23.4. The summed E-state index contributed by atoms with van der Waals surface area (Å²) in [6.45, 7) is 0. The molecule has 2 rings (SSSR count). The van der Waals surface area contributed by atoms with Crippen molar-refractivity contribution >= 4 is 5.78 Å². The highest BCUT2D eigenvalue weighted by Crippen LogP contribution is 2.23. The van der Waals surface area contributed by atoms with Gasteiger partial charge in [-0.2, -0.15) is 0 Å². The molecule has 3 heteroatoms. The Hall–Kier alpha value is -1.12. The standard InChI is InChI=1S/C10H13NO2/c12-10-4-2-1-3-9(10)5-8-6-11-13-7-8/h6-7,9H,1-5H2. The molecule has 1 aromatic rings. The largest absolute Gasteiger partial charge is 0.364 e. The Labute approximate surface area is 77.1 Å². The number of aromatic nitrogens is 1. The molecule has 0 radical (unpaired) electrons. The minimum Gasteiger partial charge on any atom is -0.364 e. The maximum absolute atomic E-state index is 11.5. The van der Waals surface area contributed by atoms with Crippen LogP contribution >= 0.6 is 0 Å². The van der Waals surface area contributed by atoms with Crippen molar-refractivity contribution in [3.8, 4) is 0 Å². The van der Waals surface area contributed by atoms with Crippen molar-refractivity contribution in [2.75, 3.05) is 0 Å². The summed E-state index contributed by atoms with van der Waals surface area (Å²) in [4.78, 5) is 11.5. The van der Waals surface area contributed by atoms with Gasteiger partial charge in [-0.3, -0.25) is 4.79 Å². The van der Waals surface area contributed by atoms with Gasteiger partial charge in [-0.1, -0.05) is 11.6 Å². The summed E-state index contributed by atoms with van der Waals surface area (Å²) in [5.74, 6) is 0.626. The summed E-state index contributed by atoms with van der Waals surface area (Å²) in [7, 11) is 0. The van der Waals surface area contributed by atoms with E-state index in [1.807, 2.05) is 0 Å². The molecule has 0 amide bonds. The zero-order valence-corrected chi connectivity index (χ0v) is 7.53. The predicted molar refractivity (Wildman–Crippen MR) is 47.2 cm³/mol. The van der Waals surface area contributed by atoms with Crippen molar-refractivity contribution in [3.63, 3.8) is 0 Å². The van der Waals surface area contributed by atoms with E-state index < -0.39 is 0 Å². The lowest BCUT2D eigenvalue weighted by atomic mass is 9.84. The van der Waals surface area contributed by atoms with Gasteiger partial charge in [0.2, 0.25) is 0 Å². The van der Waals surface area contributed by atoms with Crippen molar-refractivity contribution in [1.82, 2.24) is 5.16 Å². The Bertz CT molecular complexity index is 279. The van der Waals surface area contributed by atoms with E-state index in [-0.39, 0.29) is 5.92 Å². The van der Waals surface area contributed by atoms with Gasteiger partial charge in [0.25, 0.3) is 0 Å².